The Bertz CT molecular complexity index is 490. The number of hydrogen-bond donors (Lipinski definition) is 0. The molecule has 1 aliphatic heterocycles. The molecule has 24 heavy (non-hydrogen) atoms. The Morgan fingerprint density at radius 3 is 1.88 bits per heavy atom. The Morgan fingerprint density at radius 2 is 1.42 bits per heavy atom. The molecule has 142 valence electrons. The molecule has 3 nitrogen and oxygen atoms in total. The summed E-state index contributed by atoms with van der Waals surface area (Å²) in [5.74, 6) is -0.402. The lowest BCUT2D eigenvalue weighted by atomic mass is 9.86. The molecule has 3 atom stereocenters. The van der Waals surface area contributed by atoms with Crippen molar-refractivity contribution in [2.24, 2.45) is 0 Å². The summed E-state index contributed by atoms with van der Waals surface area (Å²) in [6.07, 6.45) is 3.29. The van der Waals surface area contributed by atoms with E-state index in [1.807, 2.05) is 0 Å². The van der Waals surface area contributed by atoms with E-state index in [0.29, 0.717) is 0 Å². The van der Waals surface area contributed by atoms with Crippen LogP contribution in [0, 0.1) is 0 Å². The second-order valence-corrected chi connectivity index (χ2v) is 20.7. The first-order valence-corrected chi connectivity index (χ1v) is 15.3. The molecular weight excluding hydrogens is 332 g/mol. The lowest BCUT2D eigenvalue weighted by molar-refractivity contribution is -0.00562. The predicted molar refractivity (Wildman–Crippen MR) is 106 cm³/mol. The van der Waals surface area contributed by atoms with Gasteiger partial charge in [-0.15, -0.1) is 0 Å². The summed E-state index contributed by atoms with van der Waals surface area (Å²) >= 11 is 0. The highest BCUT2D eigenvalue weighted by Gasteiger charge is 2.72. The van der Waals surface area contributed by atoms with Crippen molar-refractivity contribution < 1.29 is 13.6 Å². The second kappa shape index (κ2) is 5.65. The van der Waals surface area contributed by atoms with Crippen LogP contribution in [0.5, 0.6) is 0 Å². The van der Waals surface area contributed by atoms with Gasteiger partial charge in [-0.2, -0.15) is 0 Å². The van der Waals surface area contributed by atoms with Crippen LogP contribution >= 0.6 is 0 Å². The van der Waals surface area contributed by atoms with Gasteiger partial charge in [0.25, 0.3) is 0 Å². The quantitative estimate of drug-likeness (QED) is 0.443. The van der Waals surface area contributed by atoms with Crippen molar-refractivity contribution in [1.82, 2.24) is 0 Å². The van der Waals surface area contributed by atoms with E-state index >= 15 is 0 Å². The Balaban J connectivity index is 2.13. The zero-order chi connectivity index (χ0) is 18.8. The van der Waals surface area contributed by atoms with Gasteiger partial charge in [-0.1, -0.05) is 41.5 Å². The molecule has 0 N–H and O–H groups in total. The van der Waals surface area contributed by atoms with Gasteiger partial charge in [-0.3, -0.25) is 0 Å². The Labute approximate surface area is 152 Å². The largest absolute Gasteiger partial charge is 0.414 e. The maximum Gasteiger partial charge on any atom is 0.195 e. The van der Waals surface area contributed by atoms with Crippen molar-refractivity contribution in [2.45, 2.75) is 121 Å². The van der Waals surface area contributed by atoms with Gasteiger partial charge in [0, 0.05) is 6.42 Å². The smallest absolute Gasteiger partial charge is 0.195 e. The van der Waals surface area contributed by atoms with Crippen molar-refractivity contribution in [1.29, 1.82) is 0 Å². The first kappa shape index (κ1) is 20.6. The van der Waals surface area contributed by atoms with Crippen molar-refractivity contribution >= 4 is 16.6 Å². The van der Waals surface area contributed by atoms with Gasteiger partial charge in [0.2, 0.25) is 0 Å². The summed E-state index contributed by atoms with van der Waals surface area (Å²) in [7, 11) is -3.62. The molecule has 0 aromatic heterocycles. The highest BCUT2D eigenvalue weighted by Crippen LogP contribution is 2.61. The average Bonchev–Trinajstić information content (AvgIpc) is 2.89. The maximum atomic E-state index is 6.79. The second-order valence-electron chi connectivity index (χ2n) is 11.2. The first-order valence-electron chi connectivity index (χ1n) is 9.53. The molecule has 1 saturated carbocycles. The van der Waals surface area contributed by atoms with Gasteiger partial charge in [0.15, 0.2) is 22.4 Å². The molecule has 0 radical (unpaired) electrons. The van der Waals surface area contributed by atoms with Crippen molar-refractivity contribution in [2.75, 3.05) is 0 Å². The lowest BCUT2D eigenvalue weighted by Crippen LogP contribution is -2.52. The van der Waals surface area contributed by atoms with E-state index < -0.39 is 22.4 Å². The minimum Gasteiger partial charge on any atom is -0.414 e. The Morgan fingerprint density at radius 1 is 0.917 bits per heavy atom. The summed E-state index contributed by atoms with van der Waals surface area (Å²) < 4.78 is 19.8. The lowest BCUT2D eigenvalue weighted by Gasteiger charge is -2.44. The van der Waals surface area contributed by atoms with Crippen LogP contribution in [-0.2, 0) is 13.6 Å². The molecule has 1 aliphatic carbocycles. The molecule has 0 amide bonds. The maximum absolute atomic E-state index is 6.79. The van der Waals surface area contributed by atoms with Crippen LogP contribution in [0.2, 0.25) is 36.3 Å². The molecule has 1 saturated heterocycles. The minimum atomic E-state index is -1.86. The molecule has 0 aromatic rings. The van der Waals surface area contributed by atoms with E-state index in [4.69, 9.17) is 13.6 Å². The van der Waals surface area contributed by atoms with Gasteiger partial charge >= 0.3 is 0 Å². The zero-order valence-corrected chi connectivity index (χ0v) is 19.9. The molecule has 2 rings (SSSR count). The predicted octanol–water partition coefficient (Wildman–Crippen LogP) is 6.07. The normalized spacial score (nSPS) is 34.9. The molecule has 2 fully saturated rings. The van der Waals surface area contributed by atoms with Gasteiger partial charge in [-0.25, -0.2) is 0 Å². The van der Waals surface area contributed by atoms with Gasteiger partial charge in [-0.05, 0) is 56.0 Å². The first-order chi connectivity index (χ1) is 10.4. The van der Waals surface area contributed by atoms with Crippen LogP contribution in [-0.4, -0.2) is 34.1 Å². The molecule has 0 unspecified atom stereocenters. The van der Waals surface area contributed by atoms with E-state index in [-0.39, 0.29) is 21.8 Å². The molecule has 5 heteroatoms. The molecular formula is C19H40O3Si2. The number of fused-ring (bicyclic) bond motifs is 1. The number of rotatable bonds is 4. The topological polar surface area (TPSA) is 31.0 Å². The van der Waals surface area contributed by atoms with E-state index in [1.54, 1.807) is 0 Å². The minimum absolute atomic E-state index is 0.101. The third kappa shape index (κ3) is 3.57. The third-order valence-corrected chi connectivity index (χ3v) is 16.1. The summed E-state index contributed by atoms with van der Waals surface area (Å²) in [5, 5.41) is 0.438. The Kier molecular flexibility index (Phi) is 4.86. The number of epoxide rings is 1. The van der Waals surface area contributed by atoms with Crippen LogP contribution in [0.1, 0.15) is 67.7 Å². The highest BCUT2D eigenvalue weighted by molar-refractivity contribution is 6.74. The summed E-state index contributed by atoms with van der Waals surface area (Å²) in [6.45, 7) is 25.4. The van der Waals surface area contributed by atoms with Crippen molar-refractivity contribution in [3.05, 3.63) is 0 Å². The monoisotopic (exact) mass is 372 g/mol. The molecule has 0 aromatic carbocycles. The van der Waals surface area contributed by atoms with Gasteiger partial charge < -0.3 is 13.6 Å². The number of ether oxygens (including phenoxy) is 1. The van der Waals surface area contributed by atoms with Crippen LogP contribution in [0.4, 0.5) is 0 Å². The van der Waals surface area contributed by atoms with Crippen LogP contribution < -0.4 is 0 Å². The number of hydrogen-bond acceptors (Lipinski definition) is 3. The van der Waals surface area contributed by atoms with Crippen molar-refractivity contribution in [3.8, 4) is 0 Å². The van der Waals surface area contributed by atoms with Gasteiger partial charge in [0.05, 0.1) is 6.10 Å². The fourth-order valence-corrected chi connectivity index (χ4v) is 5.96. The summed E-state index contributed by atoms with van der Waals surface area (Å²) in [6, 6.07) is 0. The van der Waals surface area contributed by atoms with Crippen LogP contribution in [0.25, 0.3) is 0 Å². The zero-order valence-electron chi connectivity index (χ0n) is 17.9. The third-order valence-electron chi connectivity index (χ3n) is 7.09. The van der Waals surface area contributed by atoms with Gasteiger partial charge in [0.1, 0.15) is 5.60 Å². The van der Waals surface area contributed by atoms with E-state index in [9.17, 15) is 0 Å². The molecule has 0 spiro atoms. The van der Waals surface area contributed by atoms with E-state index in [0.717, 1.165) is 19.3 Å². The van der Waals surface area contributed by atoms with Crippen molar-refractivity contribution in [3.63, 3.8) is 0 Å². The SMILES string of the molecule is CC(C)(C)[Si](C)(C)O[C@@H]1CC[C@@]2(C)O[C@]2(O[Si](C)(C)C(C)(C)C)C1. The summed E-state index contributed by atoms with van der Waals surface area (Å²) in [4.78, 5) is 0. The van der Waals surface area contributed by atoms with E-state index in [1.165, 1.54) is 0 Å². The highest BCUT2D eigenvalue weighted by atomic mass is 28.4. The Hall–Kier alpha value is 0.314. The molecule has 2 aliphatic rings. The summed E-state index contributed by atoms with van der Waals surface area (Å²) in [5.41, 5.74) is -0.101. The fourth-order valence-electron chi connectivity index (χ4n) is 3.11. The molecule has 0 bridgehead atoms. The van der Waals surface area contributed by atoms with Crippen LogP contribution in [0.3, 0.4) is 0 Å². The average molecular weight is 373 g/mol. The standard InChI is InChI=1S/C19H40O3Si2/c1-16(2,3)23(8,9)20-15-12-13-18(7)19(14-15,21-18)22-24(10,11)17(4,5)6/h15H,12-14H2,1-11H3/t15-,18-,19+/m1/s1. The van der Waals surface area contributed by atoms with Crippen LogP contribution in [0.15, 0.2) is 0 Å². The molecule has 1 heterocycles. The fraction of sp³-hybridized carbons (Fsp3) is 1.00. The van der Waals surface area contributed by atoms with E-state index in [2.05, 4.69) is 74.7 Å².